The first-order chi connectivity index (χ1) is 14.0. The molecule has 1 unspecified atom stereocenters. The molecule has 1 fully saturated rings. The molecule has 7 heteroatoms. The molecule has 0 aliphatic carbocycles. The van der Waals surface area contributed by atoms with E-state index in [1.807, 2.05) is 6.07 Å². The highest BCUT2D eigenvalue weighted by atomic mass is 19.1. The molecule has 1 amide bonds. The number of hydrogen-bond donors (Lipinski definition) is 2. The molecular formula is C22H28FN5O. The number of likely N-dealkylation sites (tertiary alicyclic amines) is 1. The van der Waals surface area contributed by atoms with Gasteiger partial charge in [-0.1, -0.05) is 26.5 Å². The van der Waals surface area contributed by atoms with E-state index in [0.29, 0.717) is 19.0 Å². The van der Waals surface area contributed by atoms with Gasteiger partial charge in [0.25, 0.3) is 0 Å². The fraction of sp³-hybridized carbons (Fsp3) is 0.409. The highest BCUT2D eigenvalue weighted by Gasteiger charge is 2.23. The summed E-state index contributed by atoms with van der Waals surface area (Å²) in [5.74, 6) is -0.154. The molecule has 1 aromatic carbocycles. The minimum absolute atomic E-state index is 0.0690. The second-order valence-corrected chi connectivity index (χ2v) is 7.18. The van der Waals surface area contributed by atoms with E-state index in [-0.39, 0.29) is 17.8 Å². The maximum atomic E-state index is 14.3. The minimum Gasteiger partial charge on any atom is -0.363 e. The number of anilines is 3. The third-order valence-electron chi connectivity index (χ3n) is 5.22. The van der Waals surface area contributed by atoms with Gasteiger partial charge in [-0.15, -0.1) is 0 Å². The summed E-state index contributed by atoms with van der Waals surface area (Å²) in [6.07, 6.45) is 6.08. The van der Waals surface area contributed by atoms with Gasteiger partial charge in [-0.2, -0.15) is 4.98 Å². The predicted octanol–water partition coefficient (Wildman–Crippen LogP) is 4.07. The highest BCUT2D eigenvalue weighted by molar-refractivity contribution is 5.87. The zero-order chi connectivity index (χ0) is 20.8. The molecule has 2 aromatic rings. The lowest BCUT2D eigenvalue weighted by Crippen LogP contribution is -2.44. The van der Waals surface area contributed by atoms with Gasteiger partial charge in [0.05, 0.1) is 6.20 Å². The van der Waals surface area contributed by atoms with Crippen LogP contribution >= 0.6 is 0 Å². The lowest BCUT2D eigenvalue weighted by Gasteiger charge is -2.32. The van der Waals surface area contributed by atoms with Crippen molar-refractivity contribution in [2.45, 2.75) is 45.6 Å². The van der Waals surface area contributed by atoms with Crippen LogP contribution in [-0.2, 0) is 17.6 Å². The number of aryl methyl sites for hydroxylation is 2. The molecule has 0 bridgehead atoms. The van der Waals surface area contributed by atoms with Crippen LogP contribution in [0.1, 0.15) is 37.8 Å². The Labute approximate surface area is 171 Å². The molecule has 29 heavy (non-hydrogen) atoms. The fourth-order valence-electron chi connectivity index (χ4n) is 3.65. The number of halogens is 1. The number of nitrogens with zero attached hydrogens (tertiary/aromatic N) is 3. The SMILES string of the molecule is C=CC(=O)N1CCCC(Nc2nc(Nc3ccc(CC)c(CC)c3)ncc2F)C1. The Hall–Kier alpha value is -2.96. The Balaban J connectivity index is 1.73. The number of aromatic nitrogens is 2. The van der Waals surface area contributed by atoms with E-state index in [9.17, 15) is 9.18 Å². The molecule has 6 nitrogen and oxygen atoms in total. The van der Waals surface area contributed by atoms with Crippen LogP contribution in [0.15, 0.2) is 37.1 Å². The van der Waals surface area contributed by atoms with Gasteiger partial charge in [0.15, 0.2) is 11.6 Å². The average molecular weight is 397 g/mol. The molecule has 1 atom stereocenters. The van der Waals surface area contributed by atoms with Gasteiger partial charge in [0, 0.05) is 24.8 Å². The Morgan fingerprint density at radius 1 is 1.34 bits per heavy atom. The van der Waals surface area contributed by atoms with Crippen LogP contribution in [0.3, 0.4) is 0 Å². The van der Waals surface area contributed by atoms with E-state index in [4.69, 9.17) is 0 Å². The smallest absolute Gasteiger partial charge is 0.246 e. The third-order valence-corrected chi connectivity index (χ3v) is 5.22. The Kier molecular flexibility index (Phi) is 6.80. The van der Waals surface area contributed by atoms with Crippen LogP contribution in [0.4, 0.5) is 21.8 Å². The maximum absolute atomic E-state index is 14.3. The monoisotopic (exact) mass is 397 g/mol. The number of carbonyl (C=O) groups is 1. The van der Waals surface area contributed by atoms with Crippen molar-refractivity contribution in [1.29, 1.82) is 0 Å². The highest BCUT2D eigenvalue weighted by Crippen LogP contribution is 2.22. The summed E-state index contributed by atoms with van der Waals surface area (Å²) in [6, 6.07) is 6.09. The van der Waals surface area contributed by atoms with Crippen LogP contribution in [0.25, 0.3) is 0 Å². The summed E-state index contributed by atoms with van der Waals surface area (Å²) in [7, 11) is 0. The zero-order valence-electron chi connectivity index (χ0n) is 17.0. The summed E-state index contributed by atoms with van der Waals surface area (Å²) in [6.45, 7) is 8.98. The van der Waals surface area contributed by atoms with Gasteiger partial charge in [-0.05, 0) is 55.0 Å². The zero-order valence-corrected chi connectivity index (χ0v) is 17.0. The molecule has 0 radical (unpaired) electrons. The Bertz CT molecular complexity index is 886. The van der Waals surface area contributed by atoms with Gasteiger partial charge in [-0.25, -0.2) is 9.37 Å². The maximum Gasteiger partial charge on any atom is 0.246 e. The number of amides is 1. The molecule has 1 aliphatic heterocycles. The number of nitrogens with one attached hydrogen (secondary N) is 2. The van der Waals surface area contributed by atoms with Crippen molar-refractivity contribution >= 4 is 23.4 Å². The third kappa shape index (κ3) is 5.10. The van der Waals surface area contributed by atoms with Gasteiger partial charge < -0.3 is 15.5 Å². The van der Waals surface area contributed by atoms with Crippen molar-refractivity contribution in [3.05, 3.63) is 54.0 Å². The van der Waals surface area contributed by atoms with Gasteiger partial charge in [0.1, 0.15) is 0 Å². The minimum atomic E-state index is -0.515. The molecule has 2 N–H and O–H groups in total. The lowest BCUT2D eigenvalue weighted by molar-refractivity contribution is -0.127. The van der Waals surface area contributed by atoms with E-state index >= 15 is 0 Å². The van der Waals surface area contributed by atoms with Crippen LogP contribution < -0.4 is 10.6 Å². The van der Waals surface area contributed by atoms with E-state index < -0.39 is 5.82 Å². The first-order valence-corrected chi connectivity index (χ1v) is 10.1. The van der Waals surface area contributed by atoms with Crippen molar-refractivity contribution in [2.24, 2.45) is 0 Å². The average Bonchev–Trinajstić information content (AvgIpc) is 2.75. The molecule has 1 aromatic heterocycles. The molecule has 0 saturated carbocycles. The summed E-state index contributed by atoms with van der Waals surface area (Å²) < 4.78 is 14.3. The predicted molar refractivity (Wildman–Crippen MR) is 114 cm³/mol. The van der Waals surface area contributed by atoms with Crippen molar-refractivity contribution in [3.8, 4) is 0 Å². The lowest BCUT2D eigenvalue weighted by atomic mass is 10.0. The first-order valence-electron chi connectivity index (χ1n) is 10.1. The van der Waals surface area contributed by atoms with Crippen LogP contribution in [-0.4, -0.2) is 39.9 Å². The first kappa shape index (κ1) is 20.8. The normalized spacial score (nSPS) is 16.4. The van der Waals surface area contributed by atoms with Crippen molar-refractivity contribution in [2.75, 3.05) is 23.7 Å². The Morgan fingerprint density at radius 3 is 2.86 bits per heavy atom. The van der Waals surface area contributed by atoms with Crippen molar-refractivity contribution in [1.82, 2.24) is 14.9 Å². The van der Waals surface area contributed by atoms with Gasteiger partial charge >= 0.3 is 0 Å². The van der Waals surface area contributed by atoms with Crippen molar-refractivity contribution in [3.63, 3.8) is 0 Å². The molecule has 3 rings (SSSR count). The number of carbonyl (C=O) groups excluding carboxylic acids is 1. The van der Waals surface area contributed by atoms with Crippen molar-refractivity contribution < 1.29 is 9.18 Å². The molecule has 1 saturated heterocycles. The molecule has 154 valence electrons. The summed E-state index contributed by atoms with van der Waals surface area (Å²) in [4.78, 5) is 22.0. The topological polar surface area (TPSA) is 70.2 Å². The summed E-state index contributed by atoms with van der Waals surface area (Å²) in [5, 5.41) is 6.30. The molecule has 1 aliphatic rings. The van der Waals surface area contributed by atoms with Crippen LogP contribution in [0, 0.1) is 5.82 Å². The van der Waals surface area contributed by atoms with E-state index in [1.54, 1.807) is 4.90 Å². The second kappa shape index (κ2) is 9.49. The standard InChI is InChI=1S/C22H28FN5O/c1-4-15-9-10-17(12-16(15)5-2)26-22-24-13-19(23)21(27-22)25-18-8-7-11-28(14-18)20(29)6-3/h6,9-10,12-13,18H,3-5,7-8,11,14H2,1-2H3,(H2,24,25,26,27). The second-order valence-electron chi connectivity index (χ2n) is 7.18. The molecule has 2 heterocycles. The van der Waals surface area contributed by atoms with E-state index in [2.05, 4.69) is 53.2 Å². The number of benzene rings is 1. The van der Waals surface area contributed by atoms with E-state index in [0.717, 1.165) is 37.6 Å². The number of rotatable bonds is 7. The number of piperidine rings is 1. The molecule has 0 spiro atoms. The largest absolute Gasteiger partial charge is 0.363 e. The number of hydrogen-bond acceptors (Lipinski definition) is 5. The van der Waals surface area contributed by atoms with Crippen LogP contribution in [0.5, 0.6) is 0 Å². The van der Waals surface area contributed by atoms with Gasteiger partial charge in [-0.3, -0.25) is 4.79 Å². The fourth-order valence-corrected chi connectivity index (χ4v) is 3.65. The van der Waals surface area contributed by atoms with Crippen LogP contribution in [0.2, 0.25) is 0 Å². The van der Waals surface area contributed by atoms with E-state index in [1.165, 1.54) is 17.2 Å². The van der Waals surface area contributed by atoms with Gasteiger partial charge in [0.2, 0.25) is 11.9 Å². The summed E-state index contributed by atoms with van der Waals surface area (Å²) >= 11 is 0. The Morgan fingerprint density at radius 2 is 2.14 bits per heavy atom. The molecular weight excluding hydrogens is 369 g/mol. The summed E-state index contributed by atoms with van der Waals surface area (Å²) in [5.41, 5.74) is 3.46. The quantitative estimate of drug-likeness (QED) is 0.689.